The Labute approximate surface area is 203 Å². The van der Waals surface area contributed by atoms with Crippen molar-refractivity contribution in [3.63, 3.8) is 0 Å². The molecule has 1 saturated carbocycles. The number of amides is 1. The minimum Gasteiger partial charge on any atom is -0.487 e. The molecule has 11 heteroatoms. The molecule has 2 fully saturated rings. The molecule has 33 heavy (non-hydrogen) atoms. The molecule has 1 aliphatic carbocycles. The number of fused-ring (bicyclic) bond motifs is 1. The van der Waals surface area contributed by atoms with Crippen molar-refractivity contribution in [2.45, 2.75) is 19.6 Å². The van der Waals surface area contributed by atoms with Crippen LogP contribution in [0.1, 0.15) is 31.5 Å². The Morgan fingerprint density at radius 1 is 1.24 bits per heavy atom. The van der Waals surface area contributed by atoms with Gasteiger partial charge in [-0.15, -0.1) is 0 Å². The fourth-order valence-electron chi connectivity index (χ4n) is 4.26. The van der Waals surface area contributed by atoms with E-state index in [-0.39, 0.29) is 46.0 Å². The van der Waals surface area contributed by atoms with Gasteiger partial charge < -0.3 is 25.0 Å². The number of ether oxygens (including phenoxy) is 1. The van der Waals surface area contributed by atoms with Gasteiger partial charge in [-0.1, -0.05) is 52.7 Å². The van der Waals surface area contributed by atoms with Crippen molar-refractivity contribution in [1.82, 2.24) is 15.3 Å². The first kappa shape index (κ1) is 22.1. The zero-order valence-electron chi connectivity index (χ0n) is 17.5. The molecule has 0 spiro atoms. The maximum Gasteiger partial charge on any atom is 0.348 e. The maximum absolute atomic E-state index is 12.6. The molecule has 3 heterocycles. The number of carboxylic acid groups (broad SMARTS) is 1. The highest BCUT2D eigenvalue weighted by molar-refractivity contribution is 7.17. The van der Waals surface area contributed by atoms with Crippen LogP contribution in [0, 0.1) is 18.8 Å². The van der Waals surface area contributed by atoms with E-state index in [1.807, 2.05) is 30.3 Å². The summed E-state index contributed by atoms with van der Waals surface area (Å²) < 4.78 is 5.70. The summed E-state index contributed by atoms with van der Waals surface area (Å²) in [7, 11) is 0. The van der Waals surface area contributed by atoms with E-state index in [1.54, 1.807) is 6.92 Å². The van der Waals surface area contributed by atoms with Gasteiger partial charge in [-0.05, 0) is 19.1 Å². The molecule has 2 aliphatic rings. The molecule has 1 amide bonds. The van der Waals surface area contributed by atoms with E-state index in [4.69, 9.17) is 27.9 Å². The van der Waals surface area contributed by atoms with Crippen LogP contribution in [-0.4, -0.2) is 46.1 Å². The molecule has 8 nitrogen and oxygen atoms in total. The normalized spacial score (nSPS) is 21.1. The van der Waals surface area contributed by atoms with E-state index in [0.29, 0.717) is 40.4 Å². The summed E-state index contributed by atoms with van der Waals surface area (Å²) in [6, 6.07) is 9.26. The summed E-state index contributed by atoms with van der Waals surface area (Å²) >= 11 is 13.4. The molecule has 1 aromatic carbocycles. The quantitative estimate of drug-likeness (QED) is 0.442. The third-order valence-electron chi connectivity index (χ3n) is 6.04. The summed E-state index contributed by atoms with van der Waals surface area (Å²) in [5, 5.41) is 13.9. The molecule has 1 saturated heterocycles. The van der Waals surface area contributed by atoms with Crippen molar-refractivity contribution < 1.29 is 19.4 Å². The number of aromatic amines is 1. The number of H-pyrrole nitrogens is 1. The number of aryl methyl sites for hydroxylation is 1. The number of thiazole rings is 1. The fourth-order valence-corrected chi connectivity index (χ4v) is 5.60. The van der Waals surface area contributed by atoms with Crippen LogP contribution in [0.4, 0.5) is 5.13 Å². The first-order valence-electron chi connectivity index (χ1n) is 10.3. The first-order chi connectivity index (χ1) is 15.8. The van der Waals surface area contributed by atoms with Gasteiger partial charge in [0.25, 0.3) is 5.91 Å². The molecule has 0 bridgehead atoms. The molecular weight excluding hydrogens is 487 g/mol. The van der Waals surface area contributed by atoms with Gasteiger partial charge in [0.2, 0.25) is 0 Å². The van der Waals surface area contributed by atoms with Gasteiger partial charge in [0.05, 0.1) is 10.0 Å². The number of anilines is 1. The van der Waals surface area contributed by atoms with Gasteiger partial charge in [-0.25, -0.2) is 9.78 Å². The second-order valence-electron chi connectivity index (χ2n) is 8.16. The van der Waals surface area contributed by atoms with Crippen LogP contribution in [0.25, 0.3) is 0 Å². The Balaban J connectivity index is 1.22. The van der Waals surface area contributed by atoms with Gasteiger partial charge in [0, 0.05) is 36.7 Å². The van der Waals surface area contributed by atoms with E-state index < -0.39 is 5.97 Å². The number of carbonyl (C=O) groups excluding carboxylic acids is 1. The summed E-state index contributed by atoms with van der Waals surface area (Å²) in [6.07, 6.45) is 0. The number of hydrogen-bond acceptors (Lipinski definition) is 6. The SMILES string of the molecule is Cc1[nH]c(C(=O)N[C@H]2[C@@H]3CN(c4nc(COc5ccccc5)c(C(=O)O)s4)C[C@@H]32)c(Cl)c1Cl. The summed E-state index contributed by atoms with van der Waals surface area (Å²) in [5.74, 6) is -0.0793. The molecule has 0 radical (unpaired) electrons. The molecular formula is C22H20Cl2N4O4S. The highest BCUT2D eigenvalue weighted by Gasteiger charge is 2.57. The monoisotopic (exact) mass is 506 g/mol. The number of carbonyl (C=O) groups is 2. The fraction of sp³-hybridized carbons (Fsp3) is 0.318. The number of nitrogens with one attached hydrogen (secondary N) is 2. The van der Waals surface area contributed by atoms with E-state index >= 15 is 0 Å². The van der Waals surface area contributed by atoms with Crippen LogP contribution < -0.4 is 15.0 Å². The zero-order chi connectivity index (χ0) is 23.3. The number of aromatic nitrogens is 2. The minimum atomic E-state index is -1.02. The average molecular weight is 507 g/mol. The van der Waals surface area contributed by atoms with Crippen LogP contribution in [0.3, 0.4) is 0 Å². The largest absolute Gasteiger partial charge is 0.487 e. The Morgan fingerprint density at radius 3 is 2.55 bits per heavy atom. The predicted octanol–water partition coefficient (Wildman–Crippen LogP) is 4.23. The number of carboxylic acids is 1. The molecule has 5 rings (SSSR count). The number of nitrogens with zero attached hydrogens (tertiary/aromatic N) is 2. The van der Waals surface area contributed by atoms with Crippen LogP contribution >= 0.6 is 34.5 Å². The van der Waals surface area contributed by atoms with Crippen molar-refractivity contribution in [3.8, 4) is 5.75 Å². The lowest BCUT2D eigenvalue weighted by atomic mass is 10.3. The van der Waals surface area contributed by atoms with Crippen molar-refractivity contribution >= 4 is 51.5 Å². The van der Waals surface area contributed by atoms with Crippen LogP contribution in [0.15, 0.2) is 30.3 Å². The second-order valence-corrected chi connectivity index (χ2v) is 9.90. The first-order valence-corrected chi connectivity index (χ1v) is 11.9. The third kappa shape index (κ3) is 4.16. The predicted molar refractivity (Wildman–Crippen MR) is 126 cm³/mol. The number of aromatic carboxylic acids is 1. The lowest BCUT2D eigenvalue weighted by molar-refractivity contribution is 0.0698. The van der Waals surface area contributed by atoms with E-state index in [2.05, 4.69) is 20.2 Å². The second kappa shape index (κ2) is 8.55. The van der Waals surface area contributed by atoms with Crippen molar-refractivity contribution in [2.75, 3.05) is 18.0 Å². The smallest absolute Gasteiger partial charge is 0.348 e. The van der Waals surface area contributed by atoms with Crippen LogP contribution in [0.2, 0.25) is 10.0 Å². The molecule has 2 aromatic heterocycles. The van der Waals surface area contributed by atoms with E-state index in [1.165, 1.54) is 0 Å². The average Bonchev–Trinajstić information content (AvgIpc) is 3.17. The van der Waals surface area contributed by atoms with Gasteiger partial charge in [0.1, 0.15) is 28.6 Å². The maximum atomic E-state index is 12.6. The molecule has 3 atom stereocenters. The molecule has 0 unspecified atom stereocenters. The highest BCUT2D eigenvalue weighted by Crippen LogP contribution is 2.48. The number of halogens is 2. The topological polar surface area (TPSA) is 108 Å². The van der Waals surface area contributed by atoms with E-state index in [0.717, 1.165) is 11.3 Å². The van der Waals surface area contributed by atoms with Crippen molar-refractivity contribution in [3.05, 3.63) is 62.3 Å². The Morgan fingerprint density at radius 2 is 1.94 bits per heavy atom. The molecule has 1 aliphatic heterocycles. The Hall–Kier alpha value is -2.75. The van der Waals surface area contributed by atoms with Gasteiger partial charge in [-0.3, -0.25) is 4.79 Å². The number of para-hydroxylation sites is 1. The van der Waals surface area contributed by atoms with Crippen LogP contribution in [-0.2, 0) is 6.61 Å². The summed E-state index contributed by atoms with van der Waals surface area (Å²) in [6.45, 7) is 3.23. The number of rotatable bonds is 7. The van der Waals surface area contributed by atoms with Gasteiger partial charge in [0.15, 0.2) is 5.13 Å². The summed E-state index contributed by atoms with van der Waals surface area (Å²) in [5.41, 5.74) is 1.33. The van der Waals surface area contributed by atoms with Crippen LogP contribution in [0.5, 0.6) is 5.75 Å². The lowest BCUT2D eigenvalue weighted by Gasteiger charge is -2.19. The Kier molecular flexibility index (Phi) is 5.72. The molecule has 3 aromatic rings. The third-order valence-corrected chi connectivity index (χ3v) is 8.14. The van der Waals surface area contributed by atoms with Gasteiger partial charge in [-0.2, -0.15) is 0 Å². The lowest BCUT2D eigenvalue weighted by Crippen LogP contribution is -2.34. The number of hydrogen-bond donors (Lipinski definition) is 3. The molecule has 172 valence electrons. The minimum absolute atomic E-state index is 0.0481. The Bertz CT molecular complexity index is 1220. The van der Waals surface area contributed by atoms with Gasteiger partial charge >= 0.3 is 5.97 Å². The number of piperidine rings is 1. The highest BCUT2D eigenvalue weighted by atomic mass is 35.5. The van der Waals surface area contributed by atoms with E-state index in [9.17, 15) is 14.7 Å². The number of benzene rings is 1. The molecule has 3 N–H and O–H groups in total. The van der Waals surface area contributed by atoms with Crippen molar-refractivity contribution in [1.29, 1.82) is 0 Å². The standard InChI is InChI=1S/C22H20Cl2N4O4S/c1-10-15(23)16(24)18(25-10)20(29)27-17-12-7-28(8-13(12)17)22-26-14(19(33-22)21(30)31)9-32-11-5-3-2-4-6-11/h2-6,12-13,17,25H,7-9H2,1H3,(H,27,29)(H,30,31)/t12-,13+,17+. The van der Waals surface area contributed by atoms with Crippen molar-refractivity contribution in [2.24, 2.45) is 11.8 Å². The summed E-state index contributed by atoms with van der Waals surface area (Å²) in [4.78, 5) is 34.0. The zero-order valence-corrected chi connectivity index (χ0v) is 19.8.